The lowest BCUT2D eigenvalue weighted by molar-refractivity contribution is -0.560. The molecule has 1 aliphatic rings. The lowest BCUT2D eigenvalue weighted by Crippen LogP contribution is -2.53. The lowest BCUT2D eigenvalue weighted by Gasteiger charge is -2.23. The molecule has 7 heteroatoms. The molecule has 0 amide bonds. The third-order valence-corrected chi connectivity index (χ3v) is 2.25. The Morgan fingerprint density at radius 1 is 1.50 bits per heavy atom. The molecule has 76 valence electrons. The predicted molar refractivity (Wildman–Crippen MR) is 47.6 cm³/mol. The van der Waals surface area contributed by atoms with Crippen LogP contribution in [0.5, 0.6) is 0 Å². The molecule has 1 aliphatic carbocycles. The molecular formula is C7H9N3O4. The van der Waals surface area contributed by atoms with Gasteiger partial charge in [-0.1, -0.05) is 6.08 Å². The Bertz CT molecular complexity index is 349. The molecule has 0 bridgehead atoms. The van der Waals surface area contributed by atoms with E-state index in [-0.39, 0.29) is 5.70 Å². The highest BCUT2D eigenvalue weighted by atomic mass is 16.6. The van der Waals surface area contributed by atoms with E-state index in [2.05, 4.69) is 0 Å². The summed E-state index contributed by atoms with van der Waals surface area (Å²) in [6, 6.07) is -1.22. The van der Waals surface area contributed by atoms with Gasteiger partial charge in [0.15, 0.2) is 6.04 Å². The summed E-state index contributed by atoms with van der Waals surface area (Å²) in [4.78, 5) is 19.8. The Morgan fingerprint density at radius 2 is 2.07 bits per heavy atom. The van der Waals surface area contributed by atoms with Crippen molar-refractivity contribution < 1.29 is 9.85 Å². The van der Waals surface area contributed by atoms with Gasteiger partial charge >= 0.3 is 0 Å². The smallest absolute Gasteiger partial charge is 0.270 e. The number of nitro groups is 2. The van der Waals surface area contributed by atoms with Crippen LogP contribution in [0.2, 0.25) is 0 Å². The normalized spacial score (nSPS) is 31.0. The molecule has 2 unspecified atom stereocenters. The molecule has 2 N–H and O–H groups in total. The molecule has 0 aromatic carbocycles. The molecule has 2 atom stereocenters. The van der Waals surface area contributed by atoms with Crippen LogP contribution in [0.4, 0.5) is 0 Å². The van der Waals surface area contributed by atoms with Crippen LogP contribution in [-0.2, 0) is 0 Å². The van der Waals surface area contributed by atoms with E-state index in [4.69, 9.17) is 5.73 Å². The number of allylic oxidation sites excluding steroid dienone is 2. The molecule has 0 saturated heterocycles. The number of hydrogen-bond acceptors (Lipinski definition) is 5. The van der Waals surface area contributed by atoms with E-state index < -0.39 is 21.4 Å². The van der Waals surface area contributed by atoms with Gasteiger partial charge in [-0.05, 0) is 6.08 Å². The van der Waals surface area contributed by atoms with E-state index in [1.165, 1.54) is 25.2 Å². The number of nitrogens with zero attached hydrogens (tertiary/aromatic N) is 2. The molecule has 0 fully saturated rings. The monoisotopic (exact) mass is 199 g/mol. The summed E-state index contributed by atoms with van der Waals surface area (Å²) in [5, 5.41) is 21.2. The highest BCUT2D eigenvalue weighted by Crippen LogP contribution is 2.24. The van der Waals surface area contributed by atoms with Crippen molar-refractivity contribution in [2.24, 2.45) is 5.73 Å². The van der Waals surface area contributed by atoms with Crippen molar-refractivity contribution in [1.29, 1.82) is 0 Å². The van der Waals surface area contributed by atoms with Crippen molar-refractivity contribution >= 4 is 0 Å². The summed E-state index contributed by atoms with van der Waals surface area (Å²) in [5.74, 6) is 0. The highest BCUT2D eigenvalue weighted by molar-refractivity contribution is 5.26. The van der Waals surface area contributed by atoms with Crippen molar-refractivity contribution in [3.05, 3.63) is 44.2 Å². The standard InChI is InChI=1S/C7H9N3O4/c1-7(10(13)14)4-2-3-5(6(7)8)9(11)12/h2-4,6H,8H2,1H3. The minimum absolute atomic E-state index is 0.341. The molecule has 0 spiro atoms. The van der Waals surface area contributed by atoms with Gasteiger partial charge < -0.3 is 5.73 Å². The maximum absolute atomic E-state index is 10.7. The molecule has 0 radical (unpaired) electrons. The van der Waals surface area contributed by atoms with E-state index in [0.717, 1.165) is 0 Å². The maximum atomic E-state index is 10.7. The zero-order valence-electron chi connectivity index (χ0n) is 7.41. The number of hydrogen-bond donors (Lipinski definition) is 1. The zero-order chi connectivity index (χ0) is 10.9. The fraction of sp³-hybridized carbons (Fsp3) is 0.429. The maximum Gasteiger partial charge on any atom is 0.270 e. The Morgan fingerprint density at radius 3 is 2.50 bits per heavy atom. The van der Waals surface area contributed by atoms with E-state index in [0.29, 0.717) is 0 Å². The Labute approximate surface area is 79.2 Å². The number of rotatable bonds is 2. The SMILES string of the molecule is CC1([N+](=O)[O-])C=CC=C([N+](=O)[O-])C1N. The molecule has 0 aromatic heterocycles. The first-order valence-corrected chi connectivity index (χ1v) is 3.83. The van der Waals surface area contributed by atoms with Crippen molar-refractivity contribution in [3.8, 4) is 0 Å². The van der Waals surface area contributed by atoms with Crippen molar-refractivity contribution in [3.63, 3.8) is 0 Å². The zero-order valence-corrected chi connectivity index (χ0v) is 7.41. The Hall–Kier alpha value is -1.76. The molecule has 7 nitrogen and oxygen atoms in total. The first-order chi connectivity index (χ1) is 6.39. The Balaban J connectivity index is 3.11. The molecule has 0 aromatic rings. The van der Waals surface area contributed by atoms with E-state index in [1.54, 1.807) is 0 Å². The molecule has 0 aliphatic heterocycles. The van der Waals surface area contributed by atoms with Gasteiger partial charge in [-0.2, -0.15) is 0 Å². The van der Waals surface area contributed by atoms with Crippen molar-refractivity contribution in [1.82, 2.24) is 0 Å². The van der Waals surface area contributed by atoms with Crippen LogP contribution in [0.15, 0.2) is 23.9 Å². The summed E-state index contributed by atoms with van der Waals surface area (Å²) in [7, 11) is 0. The van der Waals surface area contributed by atoms with Crippen LogP contribution in [0.25, 0.3) is 0 Å². The van der Waals surface area contributed by atoms with Gasteiger partial charge in [0.25, 0.3) is 11.2 Å². The minimum Gasteiger partial charge on any atom is -0.312 e. The van der Waals surface area contributed by atoms with Crippen molar-refractivity contribution in [2.75, 3.05) is 0 Å². The van der Waals surface area contributed by atoms with Crippen LogP contribution in [0.3, 0.4) is 0 Å². The van der Waals surface area contributed by atoms with Gasteiger partial charge in [0.2, 0.25) is 0 Å². The van der Waals surface area contributed by atoms with E-state index in [9.17, 15) is 20.2 Å². The predicted octanol–water partition coefficient (Wildman–Crippen LogP) is 0.0795. The first-order valence-electron chi connectivity index (χ1n) is 3.83. The average molecular weight is 199 g/mol. The first kappa shape index (κ1) is 10.3. The van der Waals surface area contributed by atoms with Crippen molar-refractivity contribution in [2.45, 2.75) is 18.5 Å². The summed E-state index contributed by atoms with van der Waals surface area (Å²) < 4.78 is 0. The third kappa shape index (κ3) is 1.37. The van der Waals surface area contributed by atoms with Crippen LogP contribution in [0, 0.1) is 20.2 Å². The van der Waals surface area contributed by atoms with E-state index >= 15 is 0 Å². The second-order valence-corrected chi connectivity index (χ2v) is 3.17. The topological polar surface area (TPSA) is 112 Å². The van der Waals surface area contributed by atoms with Gasteiger partial charge in [-0.15, -0.1) is 0 Å². The van der Waals surface area contributed by atoms with Gasteiger partial charge in [-0.3, -0.25) is 20.2 Å². The van der Waals surface area contributed by atoms with Crippen LogP contribution in [-0.4, -0.2) is 21.4 Å². The average Bonchev–Trinajstić information content (AvgIpc) is 2.09. The summed E-state index contributed by atoms with van der Waals surface area (Å²) in [6.07, 6.45) is 3.71. The van der Waals surface area contributed by atoms with Crippen LogP contribution < -0.4 is 5.73 Å². The fourth-order valence-electron chi connectivity index (χ4n) is 1.20. The molecular weight excluding hydrogens is 190 g/mol. The van der Waals surface area contributed by atoms with Gasteiger partial charge in [-0.25, -0.2) is 0 Å². The Kier molecular flexibility index (Phi) is 2.35. The second-order valence-electron chi connectivity index (χ2n) is 3.17. The molecule has 14 heavy (non-hydrogen) atoms. The van der Waals surface area contributed by atoms with E-state index in [1.807, 2.05) is 0 Å². The quantitative estimate of drug-likeness (QED) is 0.499. The van der Waals surface area contributed by atoms with Gasteiger partial charge in [0, 0.05) is 17.9 Å². The van der Waals surface area contributed by atoms with Crippen LogP contribution in [0.1, 0.15) is 6.92 Å². The molecule has 0 heterocycles. The number of nitrogens with two attached hydrogens (primary N) is 1. The minimum atomic E-state index is -1.60. The summed E-state index contributed by atoms with van der Waals surface area (Å²) in [6.45, 7) is 1.25. The largest absolute Gasteiger partial charge is 0.312 e. The third-order valence-electron chi connectivity index (χ3n) is 2.25. The highest BCUT2D eigenvalue weighted by Gasteiger charge is 2.49. The fourth-order valence-corrected chi connectivity index (χ4v) is 1.20. The van der Waals surface area contributed by atoms with Gasteiger partial charge in [0.05, 0.1) is 4.92 Å². The lowest BCUT2D eigenvalue weighted by atomic mass is 9.87. The molecule has 0 saturated carbocycles. The van der Waals surface area contributed by atoms with Gasteiger partial charge in [0.1, 0.15) is 0 Å². The molecule has 1 rings (SSSR count). The summed E-state index contributed by atoms with van der Waals surface area (Å²) in [5.41, 5.74) is 3.52. The second kappa shape index (κ2) is 3.18. The van der Waals surface area contributed by atoms with Crippen LogP contribution >= 0.6 is 0 Å². The summed E-state index contributed by atoms with van der Waals surface area (Å²) >= 11 is 0.